The van der Waals surface area contributed by atoms with Crippen molar-refractivity contribution in [1.29, 1.82) is 0 Å². The van der Waals surface area contributed by atoms with Gasteiger partial charge in [0, 0.05) is 62.4 Å². The lowest BCUT2D eigenvalue weighted by Gasteiger charge is -2.38. The summed E-state index contributed by atoms with van der Waals surface area (Å²) in [5.74, 6) is 0. The molecule has 0 bridgehead atoms. The zero-order valence-electron chi connectivity index (χ0n) is 15.0. The fourth-order valence-electron chi connectivity index (χ4n) is 3.53. The maximum Gasteiger partial charge on any atom is 0.320 e. The van der Waals surface area contributed by atoms with Crippen molar-refractivity contribution in [2.75, 3.05) is 52.5 Å². The van der Waals surface area contributed by atoms with Gasteiger partial charge in [0.25, 0.3) is 0 Å². The summed E-state index contributed by atoms with van der Waals surface area (Å²) in [6.45, 7) is 3.64. The van der Waals surface area contributed by atoms with E-state index in [1.54, 1.807) is 40.4 Å². The van der Waals surface area contributed by atoms with Crippen LogP contribution in [0.25, 0.3) is 10.8 Å². The minimum atomic E-state index is -3.63. The molecule has 27 heavy (non-hydrogen) atoms. The second kappa shape index (κ2) is 7.41. The number of sulfonamides is 1. The lowest BCUT2D eigenvalue weighted by Crippen LogP contribution is -2.55. The average molecular weight is 390 g/mol. The van der Waals surface area contributed by atoms with Crippen LogP contribution in [-0.4, -0.2) is 86.0 Å². The average Bonchev–Trinajstić information content (AvgIpc) is 2.73. The van der Waals surface area contributed by atoms with Crippen molar-refractivity contribution in [2.45, 2.75) is 4.90 Å². The Bertz CT molecular complexity index is 930. The maximum atomic E-state index is 13.2. The van der Waals surface area contributed by atoms with E-state index in [1.807, 2.05) is 6.07 Å². The van der Waals surface area contributed by atoms with Gasteiger partial charge in [0.1, 0.15) is 0 Å². The van der Waals surface area contributed by atoms with Crippen LogP contribution in [0.1, 0.15) is 0 Å². The van der Waals surface area contributed by atoms with Crippen molar-refractivity contribution >= 4 is 26.8 Å². The van der Waals surface area contributed by atoms with Crippen molar-refractivity contribution in [3.05, 3.63) is 36.7 Å². The third kappa shape index (κ3) is 3.50. The summed E-state index contributed by atoms with van der Waals surface area (Å²) < 4.78 is 33.1. The number of hydrogen-bond donors (Lipinski definition) is 0. The van der Waals surface area contributed by atoms with E-state index in [-0.39, 0.29) is 10.9 Å². The molecule has 2 amide bonds. The Balaban J connectivity index is 1.49. The van der Waals surface area contributed by atoms with Crippen LogP contribution in [0.3, 0.4) is 0 Å². The Hall–Kier alpha value is -2.23. The van der Waals surface area contributed by atoms with Gasteiger partial charge in [0.2, 0.25) is 10.0 Å². The second-order valence-electron chi connectivity index (χ2n) is 6.63. The number of carbonyl (C=O) groups is 1. The number of amides is 2. The van der Waals surface area contributed by atoms with E-state index in [0.717, 1.165) is 5.39 Å². The molecule has 0 atom stereocenters. The summed E-state index contributed by atoms with van der Waals surface area (Å²) >= 11 is 0. The van der Waals surface area contributed by atoms with Gasteiger partial charge in [-0.25, -0.2) is 13.2 Å². The molecule has 2 saturated heterocycles. The number of rotatable bonds is 2. The third-order valence-corrected chi connectivity index (χ3v) is 7.01. The first-order valence-corrected chi connectivity index (χ1v) is 10.5. The molecule has 0 unspecified atom stereocenters. The fourth-order valence-corrected chi connectivity index (χ4v) is 5.17. The number of urea groups is 1. The standard InChI is InChI=1S/C18H22N4O4S/c23-18(21-10-12-26-13-11-21)20-6-8-22(9-7-20)27(24,25)17-3-1-2-15-14-19-5-4-16(15)17/h1-5,14H,6-13H2. The molecular weight excluding hydrogens is 368 g/mol. The molecule has 2 aliphatic heterocycles. The Labute approximate surface area is 158 Å². The van der Waals surface area contributed by atoms with Crippen LogP contribution >= 0.6 is 0 Å². The monoisotopic (exact) mass is 390 g/mol. The lowest BCUT2D eigenvalue weighted by molar-refractivity contribution is 0.0405. The number of ether oxygens (including phenoxy) is 1. The summed E-state index contributed by atoms with van der Waals surface area (Å²) in [5, 5.41) is 1.46. The van der Waals surface area contributed by atoms with Crippen LogP contribution in [0, 0.1) is 0 Å². The first-order chi connectivity index (χ1) is 13.1. The van der Waals surface area contributed by atoms with Gasteiger partial charge in [-0.15, -0.1) is 0 Å². The van der Waals surface area contributed by atoms with Crippen LogP contribution in [0.4, 0.5) is 4.79 Å². The van der Waals surface area contributed by atoms with Crippen LogP contribution in [-0.2, 0) is 14.8 Å². The molecule has 1 aromatic carbocycles. The highest BCUT2D eigenvalue weighted by Gasteiger charge is 2.32. The van der Waals surface area contributed by atoms with Crippen LogP contribution in [0.2, 0.25) is 0 Å². The molecular formula is C18H22N4O4S. The molecule has 0 N–H and O–H groups in total. The van der Waals surface area contributed by atoms with Crippen LogP contribution in [0.15, 0.2) is 41.6 Å². The highest BCUT2D eigenvalue weighted by molar-refractivity contribution is 7.89. The molecule has 9 heteroatoms. The number of nitrogens with zero attached hydrogens (tertiary/aromatic N) is 4. The largest absolute Gasteiger partial charge is 0.378 e. The summed E-state index contributed by atoms with van der Waals surface area (Å²) in [4.78, 5) is 20.4. The molecule has 0 spiro atoms. The molecule has 8 nitrogen and oxygen atoms in total. The van der Waals surface area contributed by atoms with Gasteiger partial charge in [-0.1, -0.05) is 12.1 Å². The van der Waals surface area contributed by atoms with Gasteiger partial charge in [0.15, 0.2) is 0 Å². The first-order valence-electron chi connectivity index (χ1n) is 9.02. The van der Waals surface area contributed by atoms with Crippen LogP contribution in [0.5, 0.6) is 0 Å². The second-order valence-corrected chi connectivity index (χ2v) is 8.53. The molecule has 0 radical (unpaired) electrons. The van der Waals surface area contributed by atoms with E-state index in [1.165, 1.54) is 4.31 Å². The number of piperazine rings is 1. The van der Waals surface area contributed by atoms with E-state index in [2.05, 4.69) is 4.98 Å². The van der Waals surface area contributed by atoms with Gasteiger partial charge in [0.05, 0.1) is 18.1 Å². The highest BCUT2D eigenvalue weighted by atomic mass is 32.2. The molecule has 0 saturated carbocycles. The van der Waals surface area contributed by atoms with Gasteiger partial charge >= 0.3 is 6.03 Å². The number of pyridine rings is 1. The Morgan fingerprint density at radius 1 is 0.963 bits per heavy atom. The molecule has 2 aliphatic rings. The predicted molar refractivity (Wildman–Crippen MR) is 99.9 cm³/mol. The Morgan fingerprint density at radius 3 is 2.41 bits per heavy atom. The maximum absolute atomic E-state index is 13.2. The normalized spacial score (nSPS) is 19.4. The highest BCUT2D eigenvalue weighted by Crippen LogP contribution is 2.26. The zero-order chi connectivity index (χ0) is 18.9. The fraction of sp³-hybridized carbons (Fsp3) is 0.444. The third-order valence-electron chi connectivity index (χ3n) is 5.05. The first kappa shape index (κ1) is 18.1. The van der Waals surface area contributed by atoms with Gasteiger partial charge in [-0.3, -0.25) is 4.98 Å². The van der Waals surface area contributed by atoms with E-state index >= 15 is 0 Å². The molecule has 3 heterocycles. The SMILES string of the molecule is O=C(N1CCOCC1)N1CCN(S(=O)(=O)c2cccc3cnccc23)CC1. The topological polar surface area (TPSA) is 83.0 Å². The molecule has 1 aromatic heterocycles. The van der Waals surface area contributed by atoms with Gasteiger partial charge in [-0.2, -0.15) is 4.31 Å². The Morgan fingerprint density at radius 2 is 1.67 bits per heavy atom. The van der Waals surface area contributed by atoms with Crippen molar-refractivity contribution < 1.29 is 17.9 Å². The number of carbonyl (C=O) groups excluding carboxylic acids is 1. The van der Waals surface area contributed by atoms with E-state index in [0.29, 0.717) is 57.9 Å². The summed E-state index contributed by atoms with van der Waals surface area (Å²) in [6, 6.07) is 6.89. The summed E-state index contributed by atoms with van der Waals surface area (Å²) in [6.07, 6.45) is 3.26. The number of aromatic nitrogens is 1. The molecule has 0 aliphatic carbocycles. The van der Waals surface area contributed by atoms with Crippen molar-refractivity contribution in [3.8, 4) is 0 Å². The minimum absolute atomic E-state index is 0.0356. The predicted octanol–water partition coefficient (Wildman–Crippen LogP) is 0.993. The number of morpholine rings is 1. The van der Waals surface area contributed by atoms with E-state index < -0.39 is 10.0 Å². The van der Waals surface area contributed by atoms with E-state index in [4.69, 9.17) is 4.74 Å². The molecule has 144 valence electrons. The lowest BCUT2D eigenvalue weighted by atomic mass is 10.2. The molecule has 2 fully saturated rings. The van der Waals surface area contributed by atoms with Gasteiger partial charge < -0.3 is 14.5 Å². The van der Waals surface area contributed by atoms with Crippen molar-refractivity contribution in [1.82, 2.24) is 19.1 Å². The quantitative estimate of drug-likeness (QED) is 0.764. The minimum Gasteiger partial charge on any atom is -0.378 e. The van der Waals surface area contributed by atoms with Crippen LogP contribution < -0.4 is 0 Å². The summed E-state index contributed by atoms with van der Waals surface area (Å²) in [7, 11) is -3.63. The number of hydrogen-bond acceptors (Lipinski definition) is 5. The zero-order valence-corrected chi connectivity index (χ0v) is 15.8. The van der Waals surface area contributed by atoms with Gasteiger partial charge in [-0.05, 0) is 12.1 Å². The smallest absolute Gasteiger partial charge is 0.320 e. The van der Waals surface area contributed by atoms with Crippen molar-refractivity contribution in [3.63, 3.8) is 0 Å². The molecule has 4 rings (SSSR count). The Kier molecular flexibility index (Phi) is 4.98. The number of benzene rings is 1. The summed E-state index contributed by atoms with van der Waals surface area (Å²) in [5.41, 5.74) is 0. The molecule has 2 aromatic rings. The van der Waals surface area contributed by atoms with E-state index in [9.17, 15) is 13.2 Å². The number of fused-ring (bicyclic) bond motifs is 1. The van der Waals surface area contributed by atoms with Crippen molar-refractivity contribution in [2.24, 2.45) is 0 Å².